The SMILES string of the molecule is COc1cc(/C(C)=N/NC(=O)Cn2nc(C)c(Br)c2C)ccc1OC(=O)c1ccco1. The van der Waals surface area contributed by atoms with Crippen LogP contribution in [0.15, 0.2) is 50.6 Å². The molecular formula is C21H21BrN4O5. The predicted octanol–water partition coefficient (Wildman–Crippen LogP) is 3.62. The maximum Gasteiger partial charge on any atom is 0.379 e. The number of nitrogens with zero attached hydrogens (tertiary/aromatic N) is 3. The van der Waals surface area contributed by atoms with Gasteiger partial charge in [-0.15, -0.1) is 0 Å². The Morgan fingerprint density at radius 3 is 2.65 bits per heavy atom. The maximum absolute atomic E-state index is 12.2. The van der Waals surface area contributed by atoms with Gasteiger partial charge in [-0.1, -0.05) is 0 Å². The summed E-state index contributed by atoms with van der Waals surface area (Å²) in [6, 6.07) is 8.06. The third kappa shape index (κ3) is 5.21. The van der Waals surface area contributed by atoms with E-state index in [0.29, 0.717) is 17.0 Å². The summed E-state index contributed by atoms with van der Waals surface area (Å²) in [5.41, 5.74) is 5.42. The van der Waals surface area contributed by atoms with Crippen molar-refractivity contribution in [3.63, 3.8) is 0 Å². The number of carbonyl (C=O) groups is 2. The lowest BCUT2D eigenvalue weighted by molar-refractivity contribution is -0.121. The lowest BCUT2D eigenvalue weighted by Crippen LogP contribution is -2.25. The maximum atomic E-state index is 12.2. The number of amides is 1. The first-order valence-corrected chi connectivity index (χ1v) is 10.1. The third-order valence-corrected chi connectivity index (χ3v) is 5.59. The molecule has 0 fully saturated rings. The summed E-state index contributed by atoms with van der Waals surface area (Å²) < 4.78 is 18.2. The molecule has 2 aromatic heterocycles. The normalized spacial score (nSPS) is 11.3. The van der Waals surface area contributed by atoms with Crippen LogP contribution >= 0.6 is 15.9 Å². The van der Waals surface area contributed by atoms with E-state index in [1.807, 2.05) is 13.8 Å². The molecule has 1 N–H and O–H groups in total. The number of nitrogens with one attached hydrogen (secondary N) is 1. The standard InChI is InChI=1S/C21H21BrN4O5/c1-12(23-24-19(27)11-26-14(3)20(22)13(2)25-26)15-7-8-16(18(10-15)29-4)31-21(28)17-6-5-9-30-17/h5-10H,11H2,1-4H3,(H,24,27)/b23-12+. The smallest absolute Gasteiger partial charge is 0.379 e. The Kier molecular flexibility index (Phi) is 6.91. The Morgan fingerprint density at radius 2 is 2.03 bits per heavy atom. The minimum absolute atomic E-state index is 0.0417. The molecule has 1 amide bonds. The molecule has 10 heteroatoms. The number of aromatic nitrogens is 2. The van der Waals surface area contributed by atoms with Gasteiger partial charge in [-0.3, -0.25) is 9.48 Å². The molecule has 0 saturated heterocycles. The van der Waals surface area contributed by atoms with Crippen molar-refractivity contribution in [3.05, 3.63) is 63.8 Å². The predicted molar refractivity (Wildman–Crippen MR) is 116 cm³/mol. The van der Waals surface area contributed by atoms with Gasteiger partial charge in [0.1, 0.15) is 6.54 Å². The zero-order valence-electron chi connectivity index (χ0n) is 17.4. The number of hydrogen-bond acceptors (Lipinski definition) is 7. The summed E-state index contributed by atoms with van der Waals surface area (Å²) in [6.45, 7) is 5.51. The molecular weight excluding hydrogens is 468 g/mol. The summed E-state index contributed by atoms with van der Waals surface area (Å²) in [4.78, 5) is 24.3. The highest BCUT2D eigenvalue weighted by atomic mass is 79.9. The molecule has 0 radical (unpaired) electrons. The van der Waals surface area contributed by atoms with Crippen molar-refractivity contribution < 1.29 is 23.5 Å². The number of rotatable bonds is 7. The van der Waals surface area contributed by atoms with Crippen LogP contribution in [0.5, 0.6) is 11.5 Å². The number of ether oxygens (including phenoxy) is 2. The number of benzene rings is 1. The van der Waals surface area contributed by atoms with Crippen molar-refractivity contribution >= 4 is 33.5 Å². The Balaban J connectivity index is 1.68. The zero-order valence-corrected chi connectivity index (χ0v) is 19.0. The van der Waals surface area contributed by atoms with Gasteiger partial charge in [0.2, 0.25) is 5.76 Å². The summed E-state index contributed by atoms with van der Waals surface area (Å²) in [5, 5.41) is 8.45. The molecule has 0 atom stereocenters. The molecule has 0 aliphatic carbocycles. The van der Waals surface area contributed by atoms with E-state index >= 15 is 0 Å². The zero-order chi connectivity index (χ0) is 22.5. The first-order chi connectivity index (χ1) is 14.8. The average Bonchev–Trinajstić information content (AvgIpc) is 3.38. The molecule has 0 saturated carbocycles. The van der Waals surface area contributed by atoms with Crippen LogP contribution in [0.25, 0.3) is 0 Å². The lowest BCUT2D eigenvalue weighted by Gasteiger charge is -2.10. The van der Waals surface area contributed by atoms with Crippen LogP contribution in [0.3, 0.4) is 0 Å². The topological polar surface area (TPSA) is 108 Å². The first-order valence-electron chi connectivity index (χ1n) is 9.27. The number of methoxy groups -OCH3 is 1. The fourth-order valence-electron chi connectivity index (χ4n) is 2.73. The molecule has 2 heterocycles. The second-order valence-corrected chi connectivity index (χ2v) is 7.40. The molecule has 0 aliphatic rings. The lowest BCUT2D eigenvalue weighted by atomic mass is 10.1. The van der Waals surface area contributed by atoms with Gasteiger partial charge in [0.25, 0.3) is 5.91 Å². The van der Waals surface area contributed by atoms with E-state index in [9.17, 15) is 9.59 Å². The molecule has 0 bridgehead atoms. The Bertz CT molecular complexity index is 1140. The van der Waals surface area contributed by atoms with Gasteiger partial charge in [-0.25, -0.2) is 10.2 Å². The van der Waals surface area contributed by atoms with Crippen LogP contribution in [0, 0.1) is 13.8 Å². The van der Waals surface area contributed by atoms with E-state index in [-0.39, 0.29) is 24.0 Å². The molecule has 0 spiro atoms. The van der Waals surface area contributed by atoms with E-state index in [1.54, 1.807) is 35.9 Å². The van der Waals surface area contributed by atoms with Crippen LogP contribution in [-0.2, 0) is 11.3 Å². The van der Waals surface area contributed by atoms with Crippen molar-refractivity contribution in [2.45, 2.75) is 27.3 Å². The monoisotopic (exact) mass is 488 g/mol. The average molecular weight is 489 g/mol. The van der Waals surface area contributed by atoms with E-state index in [0.717, 1.165) is 15.9 Å². The Labute approximate surface area is 187 Å². The number of hydrogen-bond donors (Lipinski definition) is 1. The van der Waals surface area contributed by atoms with Crippen LogP contribution in [0.1, 0.15) is 34.4 Å². The van der Waals surface area contributed by atoms with Crippen LogP contribution in [-0.4, -0.2) is 34.5 Å². The van der Waals surface area contributed by atoms with Crippen molar-refractivity contribution in [3.8, 4) is 11.5 Å². The van der Waals surface area contributed by atoms with Gasteiger partial charge in [0.15, 0.2) is 11.5 Å². The van der Waals surface area contributed by atoms with Gasteiger partial charge in [0.05, 0.1) is 34.9 Å². The van der Waals surface area contributed by atoms with Crippen LogP contribution in [0.2, 0.25) is 0 Å². The second kappa shape index (κ2) is 9.61. The highest BCUT2D eigenvalue weighted by Crippen LogP contribution is 2.29. The molecule has 0 aliphatic heterocycles. The number of esters is 1. The van der Waals surface area contributed by atoms with Crippen LogP contribution < -0.4 is 14.9 Å². The Morgan fingerprint density at radius 1 is 1.26 bits per heavy atom. The van der Waals surface area contributed by atoms with Crippen molar-refractivity contribution in [1.29, 1.82) is 0 Å². The van der Waals surface area contributed by atoms with Crippen molar-refractivity contribution in [2.75, 3.05) is 7.11 Å². The van der Waals surface area contributed by atoms with Crippen LogP contribution in [0.4, 0.5) is 0 Å². The number of carbonyl (C=O) groups excluding carboxylic acids is 2. The Hall–Kier alpha value is -3.40. The van der Waals surface area contributed by atoms with E-state index in [2.05, 4.69) is 31.6 Å². The minimum Gasteiger partial charge on any atom is -0.493 e. The number of hydrazone groups is 1. The van der Waals surface area contributed by atoms with Gasteiger partial charge in [-0.2, -0.15) is 10.2 Å². The van der Waals surface area contributed by atoms with Crippen molar-refractivity contribution in [2.24, 2.45) is 5.10 Å². The fraction of sp³-hybridized carbons (Fsp3) is 0.238. The second-order valence-electron chi connectivity index (χ2n) is 6.61. The van der Waals surface area contributed by atoms with Gasteiger partial charge >= 0.3 is 5.97 Å². The highest BCUT2D eigenvalue weighted by molar-refractivity contribution is 9.10. The van der Waals surface area contributed by atoms with Crippen molar-refractivity contribution in [1.82, 2.24) is 15.2 Å². The minimum atomic E-state index is -0.635. The largest absolute Gasteiger partial charge is 0.493 e. The first kappa shape index (κ1) is 22.3. The molecule has 31 heavy (non-hydrogen) atoms. The molecule has 1 aromatic carbocycles. The van der Waals surface area contributed by atoms with Gasteiger partial charge in [-0.05, 0) is 67.0 Å². The third-order valence-electron chi connectivity index (χ3n) is 4.44. The molecule has 3 aromatic rings. The van der Waals surface area contributed by atoms with Gasteiger partial charge in [0, 0.05) is 5.56 Å². The summed E-state index contributed by atoms with van der Waals surface area (Å²) >= 11 is 3.44. The molecule has 9 nitrogen and oxygen atoms in total. The van der Waals surface area contributed by atoms with E-state index in [4.69, 9.17) is 13.9 Å². The highest BCUT2D eigenvalue weighted by Gasteiger charge is 2.16. The summed E-state index contributed by atoms with van der Waals surface area (Å²) in [6.07, 6.45) is 1.39. The number of aryl methyl sites for hydroxylation is 1. The van der Waals surface area contributed by atoms with Gasteiger partial charge < -0.3 is 13.9 Å². The summed E-state index contributed by atoms with van der Waals surface area (Å²) in [5.74, 6) is -0.288. The number of furan rings is 1. The molecule has 162 valence electrons. The molecule has 0 unspecified atom stereocenters. The van der Waals surface area contributed by atoms with E-state index in [1.165, 1.54) is 19.4 Å². The summed E-state index contributed by atoms with van der Waals surface area (Å²) in [7, 11) is 1.46. The quantitative estimate of drug-likeness (QED) is 0.235. The molecule has 3 rings (SSSR count). The van der Waals surface area contributed by atoms with E-state index < -0.39 is 5.97 Å². The fourth-order valence-corrected chi connectivity index (χ4v) is 3.02. The number of halogens is 1.